The number of aliphatic hydroxyl groups is 1. The van der Waals surface area contributed by atoms with Gasteiger partial charge < -0.3 is 9.84 Å². The van der Waals surface area contributed by atoms with E-state index in [2.05, 4.69) is 22.4 Å². The van der Waals surface area contributed by atoms with Crippen LogP contribution in [0.4, 0.5) is 0 Å². The fourth-order valence-electron chi connectivity index (χ4n) is 2.05. The van der Waals surface area contributed by atoms with E-state index in [0.29, 0.717) is 5.92 Å². The zero-order valence-corrected chi connectivity index (χ0v) is 10.3. The van der Waals surface area contributed by atoms with Crippen molar-refractivity contribution in [3.8, 4) is 0 Å². The van der Waals surface area contributed by atoms with Gasteiger partial charge in [0.2, 0.25) is 0 Å². The zero-order chi connectivity index (χ0) is 11.2. The molecule has 0 radical (unpaired) electrons. The first-order valence-corrected chi connectivity index (χ1v) is 6.70. The van der Waals surface area contributed by atoms with Crippen molar-refractivity contribution in [3.05, 3.63) is 22.4 Å². The van der Waals surface area contributed by atoms with E-state index in [1.165, 1.54) is 4.88 Å². The van der Waals surface area contributed by atoms with Gasteiger partial charge in [-0.15, -0.1) is 11.3 Å². The van der Waals surface area contributed by atoms with Crippen molar-refractivity contribution < 1.29 is 9.84 Å². The maximum absolute atomic E-state index is 9.40. The number of hydrogen-bond donors (Lipinski definition) is 1. The maximum Gasteiger partial charge on any atom is 0.0594 e. The highest BCUT2D eigenvalue weighted by atomic mass is 32.1. The summed E-state index contributed by atoms with van der Waals surface area (Å²) in [4.78, 5) is 3.75. The second-order valence-electron chi connectivity index (χ2n) is 4.25. The summed E-state index contributed by atoms with van der Waals surface area (Å²) < 4.78 is 5.32. The summed E-state index contributed by atoms with van der Waals surface area (Å²) in [5.41, 5.74) is 0. The normalized spacial score (nSPS) is 19.8. The first-order valence-electron chi connectivity index (χ1n) is 5.82. The molecule has 1 atom stereocenters. The summed E-state index contributed by atoms with van der Waals surface area (Å²) in [7, 11) is 0. The molecule has 90 valence electrons. The van der Waals surface area contributed by atoms with Crippen LogP contribution in [0.1, 0.15) is 4.88 Å². The molecule has 4 heteroatoms. The van der Waals surface area contributed by atoms with Gasteiger partial charge >= 0.3 is 0 Å². The van der Waals surface area contributed by atoms with E-state index in [4.69, 9.17) is 4.74 Å². The van der Waals surface area contributed by atoms with E-state index in [-0.39, 0.29) is 6.61 Å². The molecule has 1 aliphatic heterocycles. The van der Waals surface area contributed by atoms with Gasteiger partial charge in [0, 0.05) is 31.1 Å². The summed E-state index contributed by atoms with van der Waals surface area (Å²) >= 11 is 1.77. The highest BCUT2D eigenvalue weighted by molar-refractivity contribution is 7.09. The molecule has 0 amide bonds. The molecule has 2 heterocycles. The van der Waals surface area contributed by atoms with Gasteiger partial charge in [0.25, 0.3) is 0 Å². The molecule has 1 fully saturated rings. The molecule has 0 bridgehead atoms. The molecule has 1 aromatic rings. The molecule has 1 N–H and O–H groups in total. The Labute approximate surface area is 101 Å². The second-order valence-corrected chi connectivity index (χ2v) is 5.28. The predicted octanol–water partition coefficient (Wildman–Crippen LogP) is 1.23. The molecular weight excluding hydrogens is 222 g/mol. The molecule has 1 saturated heterocycles. The fraction of sp³-hybridized carbons (Fsp3) is 0.667. The quantitative estimate of drug-likeness (QED) is 0.841. The number of morpholine rings is 1. The van der Waals surface area contributed by atoms with Crippen LogP contribution < -0.4 is 0 Å². The molecule has 0 aromatic carbocycles. The van der Waals surface area contributed by atoms with E-state index in [0.717, 1.165) is 39.3 Å². The molecule has 0 saturated carbocycles. The Kier molecular flexibility index (Phi) is 4.78. The van der Waals surface area contributed by atoms with Gasteiger partial charge in [-0.25, -0.2) is 0 Å². The van der Waals surface area contributed by atoms with Crippen molar-refractivity contribution in [1.82, 2.24) is 4.90 Å². The monoisotopic (exact) mass is 241 g/mol. The lowest BCUT2D eigenvalue weighted by Crippen LogP contribution is -2.40. The van der Waals surface area contributed by atoms with Crippen molar-refractivity contribution >= 4 is 11.3 Å². The third-order valence-corrected chi connectivity index (χ3v) is 3.85. The lowest BCUT2D eigenvalue weighted by atomic mass is 10.0. The molecule has 1 aromatic heterocycles. The van der Waals surface area contributed by atoms with Crippen molar-refractivity contribution in [2.24, 2.45) is 5.92 Å². The van der Waals surface area contributed by atoms with Crippen LogP contribution in [-0.4, -0.2) is 49.5 Å². The van der Waals surface area contributed by atoms with E-state index < -0.39 is 0 Å². The van der Waals surface area contributed by atoms with Crippen molar-refractivity contribution in [1.29, 1.82) is 0 Å². The third kappa shape index (κ3) is 3.56. The molecule has 1 aliphatic rings. The van der Waals surface area contributed by atoms with Gasteiger partial charge in [0.05, 0.1) is 13.2 Å². The molecule has 3 nitrogen and oxygen atoms in total. The number of aliphatic hydroxyl groups excluding tert-OH is 1. The summed E-state index contributed by atoms with van der Waals surface area (Å²) in [6.07, 6.45) is 0.992. The van der Waals surface area contributed by atoms with Gasteiger partial charge in [0.1, 0.15) is 0 Å². The van der Waals surface area contributed by atoms with Crippen LogP contribution in [-0.2, 0) is 11.2 Å². The van der Waals surface area contributed by atoms with Crippen molar-refractivity contribution in [2.45, 2.75) is 6.42 Å². The van der Waals surface area contributed by atoms with Gasteiger partial charge in [-0.05, 0) is 23.8 Å². The van der Waals surface area contributed by atoms with Crippen LogP contribution in [0.2, 0.25) is 0 Å². The molecule has 16 heavy (non-hydrogen) atoms. The summed E-state index contributed by atoms with van der Waals surface area (Å²) in [5.74, 6) is 0.358. The van der Waals surface area contributed by atoms with Crippen LogP contribution in [0.15, 0.2) is 17.5 Å². The average Bonchev–Trinajstić information content (AvgIpc) is 2.82. The number of hydrogen-bond acceptors (Lipinski definition) is 4. The Bertz CT molecular complexity index is 283. The predicted molar refractivity (Wildman–Crippen MR) is 65.9 cm³/mol. The number of ether oxygens (including phenoxy) is 1. The Morgan fingerprint density at radius 3 is 2.88 bits per heavy atom. The molecule has 1 unspecified atom stereocenters. The van der Waals surface area contributed by atoms with E-state index >= 15 is 0 Å². The highest BCUT2D eigenvalue weighted by Crippen LogP contribution is 2.15. The lowest BCUT2D eigenvalue weighted by Gasteiger charge is -2.29. The van der Waals surface area contributed by atoms with Crippen molar-refractivity contribution in [2.75, 3.05) is 39.5 Å². The third-order valence-electron chi connectivity index (χ3n) is 2.95. The SMILES string of the molecule is OCC(Cc1cccs1)CN1CCOCC1. The van der Waals surface area contributed by atoms with E-state index in [9.17, 15) is 5.11 Å². The second kappa shape index (κ2) is 6.35. The fourth-order valence-corrected chi connectivity index (χ4v) is 2.87. The first-order chi connectivity index (χ1) is 7.88. The molecule has 0 spiro atoms. The summed E-state index contributed by atoms with van der Waals surface area (Å²) in [5, 5.41) is 11.5. The smallest absolute Gasteiger partial charge is 0.0594 e. The standard InChI is InChI=1S/C12H19NO2S/c14-10-11(8-12-2-1-7-16-12)9-13-3-5-15-6-4-13/h1-2,7,11,14H,3-6,8-10H2. The molecule has 2 rings (SSSR count). The average molecular weight is 241 g/mol. The van der Waals surface area contributed by atoms with Crippen LogP contribution in [0.3, 0.4) is 0 Å². The minimum absolute atomic E-state index is 0.273. The van der Waals surface area contributed by atoms with Crippen LogP contribution in [0.25, 0.3) is 0 Å². The first kappa shape index (κ1) is 12.0. The van der Waals surface area contributed by atoms with Gasteiger partial charge in [-0.1, -0.05) is 6.07 Å². The zero-order valence-electron chi connectivity index (χ0n) is 9.47. The van der Waals surface area contributed by atoms with Gasteiger partial charge in [-0.2, -0.15) is 0 Å². The highest BCUT2D eigenvalue weighted by Gasteiger charge is 2.16. The van der Waals surface area contributed by atoms with Gasteiger partial charge in [0.15, 0.2) is 0 Å². The van der Waals surface area contributed by atoms with E-state index in [1.54, 1.807) is 11.3 Å². The van der Waals surface area contributed by atoms with Crippen molar-refractivity contribution in [3.63, 3.8) is 0 Å². The van der Waals surface area contributed by atoms with Crippen LogP contribution in [0, 0.1) is 5.92 Å². The number of nitrogens with zero attached hydrogens (tertiary/aromatic N) is 1. The summed E-state index contributed by atoms with van der Waals surface area (Å²) in [6.45, 7) is 4.92. The topological polar surface area (TPSA) is 32.7 Å². The maximum atomic E-state index is 9.40. The Balaban J connectivity index is 1.80. The Morgan fingerprint density at radius 1 is 1.44 bits per heavy atom. The molecular formula is C12H19NO2S. The number of rotatable bonds is 5. The Hall–Kier alpha value is -0.420. The minimum Gasteiger partial charge on any atom is -0.396 e. The van der Waals surface area contributed by atoms with Crippen LogP contribution >= 0.6 is 11.3 Å². The minimum atomic E-state index is 0.273. The lowest BCUT2D eigenvalue weighted by molar-refractivity contribution is 0.0257. The van der Waals surface area contributed by atoms with Gasteiger partial charge in [-0.3, -0.25) is 4.90 Å². The van der Waals surface area contributed by atoms with Crippen LogP contribution in [0.5, 0.6) is 0 Å². The largest absolute Gasteiger partial charge is 0.396 e. The molecule has 0 aliphatic carbocycles. The number of thiophene rings is 1. The summed E-state index contributed by atoms with van der Waals surface area (Å²) in [6, 6.07) is 4.22. The van der Waals surface area contributed by atoms with E-state index in [1.807, 2.05) is 0 Å². The Morgan fingerprint density at radius 2 is 2.25 bits per heavy atom.